The first-order valence-corrected chi connectivity index (χ1v) is 12.5. The maximum absolute atomic E-state index is 3.59. The van der Waals surface area contributed by atoms with Crippen LogP contribution in [0.3, 0.4) is 0 Å². The van der Waals surface area contributed by atoms with Crippen LogP contribution in [0.1, 0.15) is 108 Å². The first kappa shape index (κ1) is 24.2. The predicted octanol–water partition coefficient (Wildman–Crippen LogP) is 9.75. The molecule has 2 rings (SSSR count). The van der Waals surface area contributed by atoms with Crippen LogP contribution in [0, 0.1) is 0 Å². The van der Waals surface area contributed by atoms with Gasteiger partial charge in [-0.2, -0.15) is 0 Å². The Morgan fingerprint density at radius 1 is 0.567 bits per heavy atom. The molecule has 0 heteroatoms. The third kappa shape index (κ3) is 10.7. The van der Waals surface area contributed by atoms with Crippen molar-refractivity contribution < 1.29 is 0 Å². The molecule has 30 heavy (non-hydrogen) atoms. The SMILES string of the molecule is CCCCCCCCCCCCCCCC=C=C(c1ccccc1)c1ccccc1. The molecule has 2 aromatic carbocycles. The van der Waals surface area contributed by atoms with Crippen LogP contribution in [-0.2, 0) is 0 Å². The molecule has 0 aliphatic rings. The van der Waals surface area contributed by atoms with Crippen LogP contribution in [0.25, 0.3) is 5.57 Å². The van der Waals surface area contributed by atoms with Gasteiger partial charge in [0.2, 0.25) is 0 Å². The summed E-state index contributed by atoms with van der Waals surface area (Å²) in [5, 5.41) is 0. The molecule has 162 valence electrons. The molecular weight excluding hydrogens is 360 g/mol. The van der Waals surface area contributed by atoms with E-state index in [0.717, 1.165) is 6.42 Å². The van der Waals surface area contributed by atoms with Gasteiger partial charge < -0.3 is 0 Å². The molecule has 0 saturated heterocycles. The summed E-state index contributed by atoms with van der Waals surface area (Å²) in [5.41, 5.74) is 7.27. The molecule has 0 heterocycles. The van der Waals surface area contributed by atoms with Gasteiger partial charge in [-0.1, -0.05) is 145 Å². The molecule has 0 amide bonds. The molecule has 0 spiro atoms. The zero-order valence-electron chi connectivity index (χ0n) is 19.3. The van der Waals surface area contributed by atoms with E-state index in [4.69, 9.17) is 0 Å². The minimum atomic E-state index is 1.13. The second kappa shape index (κ2) is 16.7. The lowest BCUT2D eigenvalue weighted by molar-refractivity contribution is 0.540. The van der Waals surface area contributed by atoms with Gasteiger partial charge in [0.05, 0.1) is 0 Å². The Morgan fingerprint density at radius 3 is 1.40 bits per heavy atom. The van der Waals surface area contributed by atoms with Gasteiger partial charge in [-0.15, -0.1) is 5.73 Å². The number of hydrogen-bond acceptors (Lipinski definition) is 0. The van der Waals surface area contributed by atoms with Crippen LogP contribution in [0.5, 0.6) is 0 Å². The van der Waals surface area contributed by atoms with Crippen molar-refractivity contribution >= 4 is 5.57 Å². The third-order valence-corrected chi connectivity index (χ3v) is 5.82. The zero-order valence-corrected chi connectivity index (χ0v) is 19.3. The molecule has 0 aliphatic carbocycles. The summed E-state index contributed by atoms with van der Waals surface area (Å²) in [6, 6.07) is 21.3. The summed E-state index contributed by atoms with van der Waals surface area (Å²) in [4.78, 5) is 0. The predicted molar refractivity (Wildman–Crippen MR) is 134 cm³/mol. The van der Waals surface area contributed by atoms with Crippen molar-refractivity contribution in [3.63, 3.8) is 0 Å². The van der Waals surface area contributed by atoms with Gasteiger partial charge in [0.15, 0.2) is 0 Å². The summed E-state index contributed by atoms with van der Waals surface area (Å²) >= 11 is 0. The maximum atomic E-state index is 3.59. The average molecular weight is 403 g/mol. The molecule has 0 aromatic heterocycles. The normalized spacial score (nSPS) is 10.6. The number of rotatable bonds is 16. The molecule has 0 aliphatic heterocycles. The fraction of sp³-hybridized carbons (Fsp3) is 0.500. The number of allylic oxidation sites excluding steroid dienone is 1. The lowest BCUT2D eigenvalue weighted by atomic mass is 9.98. The minimum Gasteiger partial charge on any atom is -0.116 e. The molecule has 2 aromatic rings. The van der Waals surface area contributed by atoms with Gasteiger partial charge in [0.1, 0.15) is 0 Å². The highest BCUT2D eigenvalue weighted by Gasteiger charge is 2.02. The molecule has 0 unspecified atom stereocenters. The van der Waals surface area contributed by atoms with E-state index in [1.165, 1.54) is 100 Å². The van der Waals surface area contributed by atoms with Crippen LogP contribution in [0.4, 0.5) is 0 Å². The highest BCUT2D eigenvalue weighted by atomic mass is 14.1. The van der Waals surface area contributed by atoms with Gasteiger partial charge >= 0.3 is 0 Å². The summed E-state index contributed by atoms with van der Waals surface area (Å²) in [6.45, 7) is 2.29. The van der Waals surface area contributed by atoms with Gasteiger partial charge in [-0.25, -0.2) is 0 Å². The summed E-state index contributed by atoms with van der Waals surface area (Å²) in [6.07, 6.45) is 21.7. The Morgan fingerprint density at radius 2 is 0.967 bits per heavy atom. The van der Waals surface area contributed by atoms with Crippen molar-refractivity contribution in [2.75, 3.05) is 0 Å². The first-order chi connectivity index (χ1) is 14.9. The Bertz CT molecular complexity index is 663. The van der Waals surface area contributed by atoms with Crippen molar-refractivity contribution in [2.24, 2.45) is 0 Å². The standard InChI is InChI=1S/C30H42/c1-2-3-4-5-6-7-8-9-10-11-12-13-14-15-22-27-30(28-23-18-16-19-24-28)29-25-20-17-21-26-29/h16-26H,2-15H2,1H3. The molecule has 0 radical (unpaired) electrons. The van der Waals surface area contributed by atoms with E-state index in [9.17, 15) is 0 Å². The summed E-state index contributed by atoms with van der Waals surface area (Å²) < 4.78 is 0. The fourth-order valence-corrected chi connectivity index (χ4v) is 3.98. The Kier molecular flexibility index (Phi) is 13.5. The summed E-state index contributed by atoms with van der Waals surface area (Å²) in [7, 11) is 0. The first-order valence-electron chi connectivity index (χ1n) is 12.5. The highest BCUT2D eigenvalue weighted by molar-refractivity contribution is 5.79. The van der Waals surface area contributed by atoms with E-state index in [0.29, 0.717) is 0 Å². The van der Waals surface area contributed by atoms with Crippen molar-refractivity contribution in [3.05, 3.63) is 83.6 Å². The molecule has 0 nitrogen and oxygen atoms in total. The molecule has 0 atom stereocenters. The van der Waals surface area contributed by atoms with Crippen LogP contribution >= 0.6 is 0 Å². The Labute approximate surface area is 186 Å². The molecule has 0 bridgehead atoms. The molecule has 0 saturated carbocycles. The van der Waals surface area contributed by atoms with Crippen molar-refractivity contribution in [3.8, 4) is 0 Å². The highest BCUT2D eigenvalue weighted by Crippen LogP contribution is 2.22. The molecule has 0 N–H and O–H groups in total. The van der Waals surface area contributed by atoms with E-state index in [1.54, 1.807) is 0 Å². The van der Waals surface area contributed by atoms with E-state index in [2.05, 4.69) is 79.4 Å². The molecular formula is C30H42. The minimum absolute atomic E-state index is 1.13. The molecule has 0 fully saturated rings. The van der Waals surface area contributed by atoms with Crippen LogP contribution in [0.15, 0.2) is 72.5 Å². The van der Waals surface area contributed by atoms with Gasteiger partial charge in [-0.05, 0) is 30.0 Å². The second-order valence-electron chi connectivity index (χ2n) is 8.49. The van der Waals surface area contributed by atoms with Gasteiger partial charge in [0, 0.05) is 5.57 Å². The lowest BCUT2D eigenvalue weighted by Gasteiger charge is -2.05. The van der Waals surface area contributed by atoms with Gasteiger partial charge in [0.25, 0.3) is 0 Å². The smallest absolute Gasteiger partial charge is 0.0306 e. The monoisotopic (exact) mass is 402 g/mol. The number of hydrogen-bond donors (Lipinski definition) is 0. The Hall–Kier alpha value is -2.04. The van der Waals surface area contributed by atoms with Gasteiger partial charge in [-0.3, -0.25) is 0 Å². The van der Waals surface area contributed by atoms with Crippen LogP contribution < -0.4 is 0 Å². The summed E-state index contributed by atoms with van der Waals surface area (Å²) in [5.74, 6) is 0. The van der Waals surface area contributed by atoms with Crippen molar-refractivity contribution in [1.29, 1.82) is 0 Å². The quantitative estimate of drug-likeness (QED) is 0.193. The zero-order chi connectivity index (χ0) is 21.1. The maximum Gasteiger partial charge on any atom is 0.0306 e. The second-order valence-corrected chi connectivity index (χ2v) is 8.49. The van der Waals surface area contributed by atoms with E-state index < -0.39 is 0 Å². The third-order valence-electron chi connectivity index (χ3n) is 5.82. The number of unbranched alkanes of at least 4 members (excludes halogenated alkanes) is 13. The Balaban J connectivity index is 1.61. The van der Waals surface area contributed by atoms with Crippen LogP contribution in [-0.4, -0.2) is 0 Å². The fourth-order valence-electron chi connectivity index (χ4n) is 3.98. The van der Waals surface area contributed by atoms with E-state index in [1.807, 2.05) is 0 Å². The van der Waals surface area contributed by atoms with Crippen molar-refractivity contribution in [1.82, 2.24) is 0 Å². The van der Waals surface area contributed by atoms with E-state index in [-0.39, 0.29) is 0 Å². The largest absolute Gasteiger partial charge is 0.116 e. The topological polar surface area (TPSA) is 0 Å². The van der Waals surface area contributed by atoms with E-state index >= 15 is 0 Å². The average Bonchev–Trinajstić information content (AvgIpc) is 2.80. The van der Waals surface area contributed by atoms with Crippen LogP contribution in [0.2, 0.25) is 0 Å². The lowest BCUT2D eigenvalue weighted by Crippen LogP contribution is -1.85. The van der Waals surface area contributed by atoms with Crippen molar-refractivity contribution in [2.45, 2.75) is 96.8 Å². The number of benzene rings is 2.